The van der Waals surface area contributed by atoms with E-state index in [1.807, 2.05) is 0 Å². The Morgan fingerprint density at radius 1 is 1.23 bits per heavy atom. The standard InChI is InChI=1S/C16H11F2NO3/c17-11-4-3-10-14(13(11)18)19-15(20)16(10,21)9-2-1-8-5-6-22-12(8)7-9/h1-4,7,21H,5-6H2,(H,19,20). The average Bonchev–Trinajstić information content (AvgIpc) is 3.07. The number of hydrogen-bond acceptors (Lipinski definition) is 3. The van der Waals surface area contributed by atoms with Crippen molar-refractivity contribution in [3.63, 3.8) is 0 Å². The monoisotopic (exact) mass is 303 g/mol. The van der Waals surface area contributed by atoms with Crippen molar-refractivity contribution < 1.29 is 23.4 Å². The van der Waals surface area contributed by atoms with Gasteiger partial charge in [0.15, 0.2) is 17.2 Å². The molecule has 2 N–H and O–H groups in total. The molecule has 2 heterocycles. The van der Waals surface area contributed by atoms with Crippen molar-refractivity contribution in [2.45, 2.75) is 12.0 Å². The van der Waals surface area contributed by atoms with Gasteiger partial charge >= 0.3 is 0 Å². The summed E-state index contributed by atoms with van der Waals surface area (Å²) in [7, 11) is 0. The summed E-state index contributed by atoms with van der Waals surface area (Å²) < 4.78 is 32.6. The van der Waals surface area contributed by atoms with Crippen LogP contribution in [-0.2, 0) is 16.8 Å². The van der Waals surface area contributed by atoms with E-state index >= 15 is 0 Å². The summed E-state index contributed by atoms with van der Waals surface area (Å²) in [5.74, 6) is -2.49. The second kappa shape index (κ2) is 4.27. The van der Waals surface area contributed by atoms with E-state index in [4.69, 9.17) is 4.74 Å². The molecule has 0 aliphatic carbocycles. The third-order valence-corrected chi connectivity index (χ3v) is 4.17. The number of anilines is 1. The van der Waals surface area contributed by atoms with Crippen LogP contribution in [0.5, 0.6) is 5.75 Å². The Morgan fingerprint density at radius 2 is 2.05 bits per heavy atom. The maximum atomic E-state index is 13.8. The molecule has 0 fully saturated rings. The van der Waals surface area contributed by atoms with Crippen LogP contribution in [0.2, 0.25) is 0 Å². The number of nitrogens with one attached hydrogen (secondary N) is 1. The molecule has 0 saturated carbocycles. The predicted molar refractivity (Wildman–Crippen MR) is 73.6 cm³/mol. The predicted octanol–water partition coefficient (Wildman–Crippen LogP) is 2.09. The first-order valence-electron chi connectivity index (χ1n) is 6.80. The number of aliphatic hydroxyl groups is 1. The Hall–Kier alpha value is -2.47. The fraction of sp³-hybridized carbons (Fsp3) is 0.188. The van der Waals surface area contributed by atoms with E-state index in [0.29, 0.717) is 12.4 Å². The quantitative estimate of drug-likeness (QED) is 0.848. The van der Waals surface area contributed by atoms with Crippen molar-refractivity contribution in [2.75, 3.05) is 11.9 Å². The van der Waals surface area contributed by atoms with Gasteiger partial charge in [-0.25, -0.2) is 8.78 Å². The molecule has 0 bridgehead atoms. The zero-order valence-electron chi connectivity index (χ0n) is 11.3. The molecule has 0 spiro atoms. The van der Waals surface area contributed by atoms with Gasteiger partial charge in [-0.15, -0.1) is 0 Å². The van der Waals surface area contributed by atoms with E-state index < -0.39 is 23.1 Å². The van der Waals surface area contributed by atoms with E-state index in [1.165, 1.54) is 6.07 Å². The van der Waals surface area contributed by atoms with Crippen molar-refractivity contribution in [3.05, 3.63) is 58.7 Å². The van der Waals surface area contributed by atoms with Crippen LogP contribution in [0.1, 0.15) is 16.7 Å². The third kappa shape index (κ3) is 1.55. The number of benzene rings is 2. The minimum Gasteiger partial charge on any atom is -0.493 e. The number of ether oxygens (including phenoxy) is 1. The molecule has 0 saturated heterocycles. The lowest BCUT2D eigenvalue weighted by molar-refractivity contribution is -0.129. The summed E-state index contributed by atoms with van der Waals surface area (Å²) in [6.45, 7) is 0.542. The first-order valence-corrected chi connectivity index (χ1v) is 6.80. The van der Waals surface area contributed by atoms with Crippen LogP contribution in [-0.4, -0.2) is 17.6 Å². The number of hydrogen-bond donors (Lipinski definition) is 2. The third-order valence-electron chi connectivity index (χ3n) is 4.17. The van der Waals surface area contributed by atoms with E-state index in [1.54, 1.807) is 18.2 Å². The Bertz CT molecular complexity index is 821. The molecule has 1 atom stereocenters. The SMILES string of the molecule is O=C1Nc2c(ccc(F)c2F)C1(O)c1ccc2c(c1)OCC2. The lowest BCUT2D eigenvalue weighted by Gasteiger charge is -2.22. The van der Waals surface area contributed by atoms with E-state index in [9.17, 15) is 18.7 Å². The zero-order valence-corrected chi connectivity index (χ0v) is 11.3. The van der Waals surface area contributed by atoms with Crippen LogP contribution >= 0.6 is 0 Å². The number of amides is 1. The van der Waals surface area contributed by atoms with Gasteiger partial charge in [0, 0.05) is 17.5 Å². The van der Waals surface area contributed by atoms with Gasteiger partial charge in [-0.3, -0.25) is 4.79 Å². The smallest absolute Gasteiger partial charge is 0.265 e. The van der Waals surface area contributed by atoms with Gasteiger partial charge in [-0.05, 0) is 17.7 Å². The lowest BCUT2D eigenvalue weighted by atomic mass is 9.86. The Labute approximate surface area is 124 Å². The molecular weight excluding hydrogens is 292 g/mol. The van der Waals surface area contributed by atoms with Crippen molar-refractivity contribution in [1.29, 1.82) is 0 Å². The molecule has 0 radical (unpaired) electrons. The molecule has 6 heteroatoms. The highest BCUT2D eigenvalue weighted by molar-refractivity contribution is 6.07. The molecule has 112 valence electrons. The molecule has 2 aliphatic rings. The van der Waals surface area contributed by atoms with Gasteiger partial charge in [0.2, 0.25) is 0 Å². The van der Waals surface area contributed by atoms with E-state index in [2.05, 4.69) is 5.32 Å². The second-order valence-electron chi connectivity index (χ2n) is 5.37. The van der Waals surface area contributed by atoms with Gasteiger partial charge in [-0.1, -0.05) is 18.2 Å². The number of fused-ring (bicyclic) bond motifs is 2. The molecule has 1 amide bonds. The highest BCUT2D eigenvalue weighted by Crippen LogP contribution is 2.44. The lowest BCUT2D eigenvalue weighted by Crippen LogP contribution is -2.35. The van der Waals surface area contributed by atoms with Crippen molar-refractivity contribution in [2.24, 2.45) is 0 Å². The number of rotatable bonds is 1. The highest BCUT2D eigenvalue weighted by Gasteiger charge is 2.48. The van der Waals surface area contributed by atoms with Gasteiger partial charge in [-0.2, -0.15) is 0 Å². The molecule has 2 aliphatic heterocycles. The minimum absolute atomic E-state index is 0.00523. The summed E-state index contributed by atoms with van der Waals surface area (Å²) >= 11 is 0. The molecule has 0 aromatic heterocycles. The number of halogens is 2. The van der Waals surface area contributed by atoms with Crippen LogP contribution in [0.15, 0.2) is 30.3 Å². The van der Waals surface area contributed by atoms with Gasteiger partial charge < -0.3 is 15.2 Å². The van der Waals surface area contributed by atoms with Crippen LogP contribution in [0, 0.1) is 11.6 Å². The second-order valence-corrected chi connectivity index (χ2v) is 5.37. The fourth-order valence-corrected chi connectivity index (χ4v) is 2.98. The van der Waals surface area contributed by atoms with Crippen LogP contribution in [0.25, 0.3) is 0 Å². The first-order chi connectivity index (χ1) is 10.5. The topological polar surface area (TPSA) is 58.6 Å². The summed E-state index contributed by atoms with van der Waals surface area (Å²) in [5, 5.41) is 13.1. The van der Waals surface area contributed by atoms with Gasteiger partial charge in [0.05, 0.1) is 12.3 Å². The minimum atomic E-state index is -2.06. The number of carbonyl (C=O) groups excluding carboxylic acids is 1. The molecule has 2 aromatic rings. The average molecular weight is 303 g/mol. The summed E-state index contributed by atoms with van der Waals surface area (Å²) in [5.41, 5.74) is -1.15. The molecule has 4 nitrogen and oxygen atoms in total. The van der Waals surface area contributed by atoms with E-state index in [-0.39, 0.29) is 16.8 Å². The zero-order chi connectivity index (χ0) is 15.5. The molecule has 4 rings (SSSR count). The maximum Gasteiger partial charge on any atom is 0.265 e. The first kappa shape index (κ1) is 13.2. The summed E-state index contributed by atoms with van der Waals surface area (Å²) in [4.78, 5) is 12.2. The van der Waals surface area contributed by atoms with Crippen molar-refractivity contribution >= 4 is 11.6 Å². The fourth-order valence-electron chi connectivity index (χ4n) is 2.98. The summed E-state index contributed by atoms with van der Waals surface area (Å²) in [6.07, 6.45) is 0.761. The Morgan fingerprint density at radius 3 is 2.86 bits per heavy atom. The molecular formula is C16H11F2NO3. The van der Waals surface area contributed by atoms with Crippen LogP contribution in [0.4, 0.5) is 14.5 Å². The number of carbonyl (C=O) groups is 1. The summed E-state index contributed by atoms with van der Waals surface area (Å²) in [6, 6.07) is 7.03. The Kier molecular flexibility index (Phi) is 2.56. The van der Waals surface area contributed by atoms with Gasteiger partial charge in [0.1, 0.15) is 5.75 Å². The molecule has 1 unspecified atom stereocenters. The normalized spacial score (nSPS) is 22.0. The Balaban J connectivity index is 1.92. The maximum absolute atomic E-state index is 13.8. The molecule has 22 heavy (non-hydrogen) atoms. The highest BCUT2D eigenvalue weighted by atomic mass is 19.2. The van der Waals surface area contributed by atoms with Crippen molar-refractivity contribution in [1.82, 2.24) is 0 Å². The van der Waals surface area contributed by atoms with E-state index in [0.717, 1.165) is 18.1 Å². The van der Waals surface area contributed by atoms with Crippen LogP contribution < -0.4 is 10.1 Å². The van der Waals surface area contributed by atoms with Crippen LogP contribution in [0.3, 0.4) is 0 Å². The largest absolute Gasteiger partial charge is 0.493 e. The van der Waals surface area contributed by atoms with Gasteiger partial charge in [0.25, 0.3) is 5.91 Å². The molecule has 2 aromatic carbocycles. The van der Waals surface area contributed by atoms with Crippen molar-refractivity contribution in [3.8, 4) is 5.75 Å².